The lowest BCUT2D eigenvalue weighted by Gasteiger charge is -2.03. The molecule has 0 fully saturated rings. The molecule has 0 atom stereocenters. The van der Waals surface area contributed by atoms with Crippen LogP contribution in [0.3, 0.4) is 0 Å². The van der Waals surface area contributed by atoms with Crippen LogP contribution < -0.4 is 5.43 Å². The van der Waals surface area contributed by atoms with Gasteiger partial charge in [0.15, 0.2) is 0 Å². The van der Waals surface area contributed by atoms with Crippen molar-refractivity contribution in [2.45, 2.75) is 13.5 Å². The summed E-state index contributed by atoms with van der Waals surface area (Å²) in [5, 5.41) is 8.66. The largest absolute Gasteiger partial charge is 0.289 e. The summed E-state index contributed by atoms with van der Waals surface area (Å²) in [6, 6.07) is 11.1. The van der Waals surface area contributed by atoms with E-state index < -0.39 is 5.91 Å². The van der Waals surface area contributed by atoms with Gasteiger partial charge in [0.25, 0.3) is 5.91 Å². The van der Waals surface area contributed by atoms with E-state index in [1.807, 2.05) is 0 Å². The SMILES string of the molecule is Cc1nn(Cc2ccc(F)cc2)c(Cl)c1/C=N\NC(=O)c1ccccn1. The van der Waals surface area contributed by atoms with E-state index in [0.29, 0.717) is 23.0 Å². The highest BCUT2D eigenvalue weighted by Gasteiger charge is 2.12. The topological polar surface area (TPSA) is 72.2 Å². The van der Waals surface area contributed by atoms with Crippen LogP contribution in [0.2, 0.25) is 5.15 Å². The van der Waals surface area contributed by atoms with Crippen molar-refractivity contribution < 1.29 is 9.18 Å². The number of hydrogen-bond donors (Lipinski definition) is 1. The van der Waals surface area contributed by atoms with Gasteiger partial charge in [0.05, 0.1) is 24.0 Å². The summed E-state index contributed by atoms with van der Waals surface area (Å²) in [6.45, 7) is 2.18. The summed E-state index contributed by atoms with van der Waals surface area (Å²) in [5.41, 5.74) is 4.78. The quantitative estimate of drug-likeness (QED) is 0.553. The zero-order chi connectivity index (χ0) is 18.5. The Morgan fingerprint density at radius 1 is 1.31 bits per heavy atom. The third-order valence-corrected chi connectivity index (χ3v) is 4.01. The Kier molecular flexibility index (Phi) is 5.38. The Bertz CT molecular complexity index is 938. The van der Waals surface area contributed by atoms with E-state index in [1.165, 1.54) is 24.5 Å². The van der Waals surface area contributed by atoms with E-state index in [2.05, 4.69) is 20.6 Å². The molecule has 6 nitrogen and oxygen atoms in total. The molecular weight excluding hydrogens is 357 g/mol. The molecule has 0 aliphatic heterocycles. The Morgan fingerprint density at radius 3 is 2.77 bits per heavy atom. The van der Waals surface area contributed by atoms with Gasteiger partial charge in [-0.2, -0.15) is 10.2 Å². The van der Waals surface area contributed by atoms with Crippen molar-refractivity contribution in [3.8, 4) is 0 Å². The molecule has 0 radical (unpaired) electrons. The fourth-order valence-corrected chi connectivity index (χ4v) is 2.57. The highest BCUT2D eigenvalue weighted by molar-refractivity contribution is 6.32. The van der Waals surface area contributed by atoms with Gasteiger partial charge < -0.3 is 0 Å². The number of rotatable bonds is 5. The molecule has 1 N–H and O–H groups in total. The minimum atomic E-state index is -0.422. The first-order valence-corrected chi connectivity index (χ1v) is 8.14. The number of amides is 1. The molecule has 0 saturated heterocycles. The monoisotopic (exact) mass is 371 g/mol. The molecule has 2 heterocycles. The van der Waals surface area contributed by atoms with Crippen LogP contribution in [-0.2, 0) is 6.54 Å². The smallest absolute Gasteiger partial charge is 0.266 e. The maximum absolute atomic E-state index is 13.0. The van der Waals surface area contributed by atoms with Crippen molar-refractivity contribution in [2.75, 3.05) is 0 Å². The maximum Gasteiger partial charge on any atom is 0.289 e. The number of benzene rings is 1. The first kappa shape index (κ1) is 17.8. The second kappa shape index (κ2) is 7.88. The Balaban J connectivity index is 1.71. The molecule has 8 heteroatoms. The molecule has 0 aliphatic rings. The van der Waals surface area contributed by atoms with Crippen LogP contribution in [0.5, 0.6) is 0 Å². The standard InChI is InChI=1S/C18H15ClFN5O/c1-12-15(10-22-23-18(26)16-4-2-3-9-21-16)17(19)25(24-12)11-13-5-7-14(20)8-6-13/h2-10H,11H2,1H3,(H,23,26)/b22-10-. The zero-order valence-corrected chi connectivity index (χ0v) is 14.6. The molecule has 0 spiro atoms. The number of aromatic nitrogens is 3. The molecular formula is C18H15ClFN5O. The van der Waals surface area contributed by atoms with Crippen LogP contribution in [0.1, 0.15) is 27.3 Å². The van der Waals surface area contributed by atoms with Crippen molar-refractivity contribution in [1.29, 1.82) is 0 Å². The molecule has 0 bridgehead atoms. The van der Waals surface area contributed by atoms with Gasteiger partial charge in [-0.1, -0.05) is 29.8 Å². The number of aryl methyl sites for hydroxylation is 1. The van der Waals surface area contributed by atoms with Gasteiger partial charge in [0, 0.05) is 6.20 Å². The van der Waals surface area contributed by atoms with Gasteiger partial charge >= 0.3 is 0 Å². The predicted octanol–water partition coefficient (Wildman–Crippen LogP) is 3.19. The number of hydrogen-bond acceptors (Lipinski definition) is 4. The Hall–Kier alpha value is -3.06. The molecule has 3 aromatic rings. The summed E-state index contributed by atoms with van der Waals surface area (Å²) in [4.78, 5) is 15.8. The van der Waals surface area contributed by atoms with Crippen LogP contribution in [0.15, 0.2) is 53.8 Å². The third kappa shape index (κ3) is 4.12. The van der Waals surface area contributed by atoms with Crippen molar-refractivity contribution in [3.05, 3.63) is 82.1 Å². The molecule has 0 unspecified atom stereocenters. The van der Waals surface area contributed by atoms with E-state index in [1.54, 1.807) is 41.9 Å². The van der Waals surface area contributed by atoms with Gasteiger partial charge in [-0.3, -0.25) is 9.78 Å². The van der Waals surface area contributed by atoms with E-state index in [9.17, 15) is 9.18 Å². The number of hydrazone groups is 1. The predicted molar refractivity (Wildman–Crippen MR) is 96.8 cm³/mol. The summed E-state index contributed by atoms with van der Waals surface area (Å²) in [7, 11) is 0. The molecule has 1 amide bonds. The molecule has 0 saturated carbocycles. The lowest BCUT2D eigenvalue weighted by Crippen LogP contribution is -2.18. The summed E-state index contributed by atoms with van der Waals surface area (Å²) in [6.07, 6.45) is 2.96. The molecule has 3 rings (SSSR count). The molecule has 0 aliphatic carbocycles. The first-order chi connectivity index (χ1) is 12.5. The minimum Gasteiger partial charge on any atom is -0.266 e. The summed E-state index contributed by atoms with van der Waals surface area (Å²) >= 11 is 6.35. The van der Waals surface area contributed by atoms with Crippen LogP contribution >= 0.6 is 11.6 Å². The number of nitrogens with zero attached hydrogens (tertiary/aromatic N) is 4. The first-order valence-electron chi connectivity index (χ1n) is 7.76. The van der Waals surface area contributed by atoms with Crippen LogP contribution in [0.25, 0.3) is 0 Å². The summed E-state index contributed by atoms with van der Waals surface area (Å²) in [5.74, 6) is -0.720. The highest BCUT2D eigenvalue weighted by atomic mass is 35.5. The fraction of sp³-hybridized carbons (Fsp3) is 0.111. The molecule has 26 heavy (non-hydrogen) atoms. The van der Waals surface area contributed by atoms with Gasteiger partial charge in [-0.15, -0.1) is 0 Å². The lowest BCUT2D eigenvalue weighted by atomic mass is 10.2. The van der Waals surface area contributed by atoms with E-state index in [4.69, 9.17) is 11.6 Å². The average Bonchev–Trinajstić information content (AvgIpc) is 2.91. The zero-order valence-electron chi connectivity index (χ0n) is 13.9. The molecule has 1 aromatic carbocycles. The number of pyridine rings is 1. The third-order valence-electron chi connectivity index (χ3n) is 3.61. The summed E-state index contributed by atoms with van der Waals surface area (Å²) < 4.78 is 14.6. The van der Waals surface area contributed by atoms with Crippen molar-refractivity contribution in [1.82, 2.24) is 20.2 Å². The Labute approximate surface area is 154 Å². The highest BCUT2D eigenvalue weighted by Crippen LogP contribution is 2.19. The number of halogens is 2. The van der Waals surface area contributed by atoms with Crippen molar-refractivity contribution in [3.63, 3.8) is 0 Å². The van der Waals surface area contributed by atoms with E-state index in [0.717, 1.165) is 5.56 Å². The van der Waals surface area contributed by atoms with Crippen molar-refractivity contribution in [2.24, 2.45) is 5.10 Å². The minimum absolute atomic E-state index is 0.263. The number of carbonyl (C=O) groups excluding carboxylic acids is 1. The van der Waals surface area contributed by atoms with Crippen LogP contribution in [0.4, 0.5) is 4.39 Å². The second-order valence-electron chi connectivity index (χ2n) is 5.49. The lowest BCUT2D eigenvalue weighted by molar-refractivity contribution is 0.0950. The van der Waals surface area contributed by atoms with E-state index >= 15 is 0 Å². The van der Waals surface area contributed by atoms with Crippen molar-refractivity contribution >= 4 is 23.7 Å². The fourth-order valence-electron chi connectivity index (χ4n) is 2.29. The maximum atomic E-state index is 13.0. The molecule has 2 aromatic heterocycles. The van der Waals surface area contributed by atoms with Gasteiger partial charge in [-0.25, -0.2) is 14.5 Å². The number of carbonyl (C=O) groups is 1. The van der Waals surface area contributed by atoms with E-state index in [-0.39, 0.29) is 11.5 Å². The molecule has 132 valence electrons. The average molecular weight is 372 g/mol. The van der Waals surface area contributed by atoms with Crippen LogP contribution in [0, 0.1) is 12.7 Å². The second-order valence-corrected chi connectivity index (χ2v) is 5.85. The van der Waals surface area contributed by atoms with Crippen LogP contribution in [-0.4, -0.2) is 26.9 Å². The van der Waals surface area contributed by atoms with Gasteiger partial charge in [0.2, 0.25) is 0 Å². The normalized spacial score (nSPS) is 11.0. The Morgan fingerprint density at radius 2 is 2.08 bits per heavy atom. The van der Waals surface area contributed by atoms with Gasteiger partial charge in [0.1, 0.15) is 16.7 Å². The van der Waals surface area contributed by atoms with Gasteiger partial charge in [-0.05, 0) is 36.8 Å². The number of nitrogens with one attached hydrogen (secondary N) is 1.